The molecule has 86 valence electrons. The second-order valence-electron chi connectivity index (χ2n) is 3.39. The maximum Gasteiger partial charge on any atom is 0.317 e. The summed E-state index contributed by atoms with van der Waals surface area (Å²) < 4.78 is 5.35. The van der Waals surface area contributed by atoms with Crippen LogP contribution in [0.1, 0.15) is 16.1 Å². The minimum Gasteiger partial charge on any atom is -0.459 e. The Balaban J connectivity index is 2.07. The van der Waals surface area contributed by atoms with Gasteiger partial charge in [0.15, 0.2) is 6.29 Å². The van der Waals surface area contributed by atoms with Crippen LogP contribution in [0.2, 0.25) is 0 Å². The Morgan fingerprint density at radius 3 is 2.76 bits per heavy atom. The van der Waals surface area contributed by atoms with Crippen molar-refractivity contribution in [2.24, 2.45) is 0 Å². The molecule has 5 heteroatoms. The van der Waals surface area contributed by atoms with Crippen molar-refractivity contribution in [1.29, 1.82) is 0 Å². The molecule has 0 radical (unpaired) electrons. The van der Waals surface area contributed by atoms with E-state index in [-0.39, 0.29) is 17.4 Å². The first kappa shape index (κ1) is 11.1. The van der Waals surface area contributed by atoms with Crippen LogP contribution in [0.5, 0.6) is 6.01 Å². The third kappa shape index (κ3) is 2.78. The maximum atomic E-state index is 10.6. The van der Waals surface area contributed by atoms with Crippen molar-refractivity contribution in [2.75, 3.05) is 5.73 Å². The largest absolute Gasteiger partial charge is 0.459 e. The highest BCUT2D eigenvalue weighted by molar-refractivity contribution is 5.79. The lowest BCUT2D eigenvalue weighted by Gasteiger charge is -2.05. The fraction of sp³-hybridized carbons (Fsp3) is 0.0833. The summed E-state index contributed by atoms with van der Waals surface area (Å²) in [6.07, 6.45) is 1.93. The van der Waals surface area contributed by atoms with Crippen molar-refractivity contribution < 1.29 is 9.53 Å². The fourth-order valence-electron chi connectivity index (χ4n) is 1.27. The van der Waals surface area contributed by atoms with Crippen molar-refractivity contribution in [1.82, 2.24) is 9.97 Å². The average Bonchev–Trinajstić information content (AvgIpc) is 2.39. The van der Waals surface area contributed by atoms with Gasteiger partial charge in [-0.3, -0.25) is 4.79 Å². The molecule has 0 bridgehead atoms. The Bertz CT molecular complexity index is 514. The van der Waals surface area contributed by atoms with Gasteiger partial charge in [0.1, 0.15) is 12.3 Å². The van der Waals surface area contributed by atoms with Crippen LogP contribution in [-0.4, -0.2) is 16.3 Å². The zero-order chi connectivity index (χ0) is 12.1. The molecule has 0 fully saturated rings. The van der Waals surface area contributed by atoms with E-state index in [1.807, 2.05) is 30.3 Å². The summed E-state index contributed by atoms with van der Waals surface area (Å²) in [5.41, 5.74) is 6.88. The standard InChI is InChI=1S/C12H11N3O2/c13-10-6-14-12(15-11(10)7-16)17-8-9-4-2-1-3-5-9/h1-7H,8,13H2. The predicted octanol–water partition coefficient (Wildman–Crippen LogP) is 1.45. The summed E-state index contributed by atoms with van der Waals surface area (Å²) in [6, 6.07) is 9.76. The van der Waals surface area contributed by atoms with Crippen molar-refractivity contribution in [2.45, 2.75) is 6.61 Å². The number of carbonyl (C=O) groups is 1. The maximum absolute atomic E-state index is 10.6. The first-order valence-corrected chi connectivity index (χ1v) is 5.04. The number of nitrogens with zero attached hydrogens (tertiary/aromatic N) is 2. The number of anilines is 1. The number of nitrogens with two attached hydrogens (primary N) is 1. The van der Waals surface area contributed by atoms with Gasteiger partial charge in [0.05, 0.1) is 11.9 Å². The molecule has 2 aromatic rings. The lowest BCUT2D eigenvalue weighted by Crippen LogP contribution is -2.03. The van der Waals surface area contributed by atoms with Crippen LogP contribution in [0.4, 0.5) is 5.69 Å². The van der Waals surface area contributed by atoms with Crippen LogP contribution in [0.3, 0.4) is 0 Å². The SMILES string of the molecule is Nc1cnc(OCc2ccccc2)nc1C=O. The number of hydrogen-bond acceptors (Lipinski definition) is 5. The molecule has 1 aromatic carbocycles. The van der Waals surface area contributed by atoms with Gasteiger partial charge in [-0.25, -0.2) is 4.98 Å². The van der Waals surface area contributed by atoms with E-state index in [9.17, 15) is 4.79 Å². The van der Waals surface area contributed by atoms with Gasteiger partial charge in [0, 0.05) is 0 Å². The number of carbonyl (C=O) groups excluding carboxylic acids is 1. The van der Waals surface area contributed by atoms with Crippen LogP contribution in [0, 0.1) is 0 Å². The van der Waals surface area contributed by atoms with Gasteiger partial charge in [-0.15, -0.1) is 0 Å². The van der Waals surface area contributed by atoms with Crippen LogP contribution in [0.25, 0.3) is 0 Å². The number of aromatic nitrogens is 2. The van der Waals surface area contributed by atoms with E-state index in [1.54, 1.807) is 0 Å². The third-order valence-corrected chi connectivity index (χ3v) is 2.15. The van der Waals surface area contributed by atoms with Crippen molar-refractivity contribution in [3.8, 4) is 6.01 Å². The summed E-state index contributed by atoms with van der Waals surface area (Å²) in [6.45, 7) is 0.350. The predicted molar refractivity (Wildman–Crippen MR) is 62.6 cm³/mol. The van der Waals surface area contributed by atoms with Crippen molar-refractivity contribution in [3.05, 3.63) is 47.8 Å². The number of rotatable bonds is 4. The highest BCUT2D eigenvalue weighted by Crippen LogP contribution is 2.11. The summed E-state index contributed by atoms with van der Waals surface area (Å²) in [5, 5.41) is 0. The van der Waals surface area contributed by atoms with Gasteiger partial charge in [-0.1, -0.05) is 30.3 Å². The Hall–Kier alpha value is -2.43. The molecule has 1 heterocycles. The zero-order valence-electron chi connectivity index (χ0n) is 9.04. The van der Waals surface area contributed by atoms with Gasteiger partial charge in [-0.2, -0.15) is 4.98 Å². The monoisotopic (exact) mass is 229 g/mol. The van der Waals surface area contributed by atoms with E-state index in [4.69, 9.17) is 10.5 Å². The average molecular weight is 229 g/mol. The van der Waals surface area contributed by atoms with Crippen LogP contribution >= 0.6 is 0 Å². The molecule has 0 aliphatic heterocycles. The van der Waals surface area contributed by atoms with E-state index in [1.165, 1.54) is 6.20 Å². The number of benzene rings is 1. The number of aldehydes is 1. The van der Waals surface area contributed by atoms with E-state index in [0.717, 1.165) is 5.56 Å². The topological polar surface area (TPSA) is 78.1 Å². The number of nitrogen functional groups attached to an aromatic ring is 1. The molecule has 0 unspecified atom stereocenters. The van der Waals surface area contributed by atoms with Crippen LogP contribution < -0.4 is 10.5 Å². The Morgan fingerprint density at radius 2 is 2.06 bits per heavy atom. The third-order valence-electron chi connectivity index (χ3n) is 2.15. The second kappa shape index (κ2) is 5.07. The smallest absolute Gasteiger partial charge is 0.317 e. The zero-order valence-corrected chi connectivity index (χ0v) is 9.04. The first-order chi connectivity index (χ1) is 8.29. The molecule has 0 amide bonds. The highest BCUT2D eigenvalue weighted by atomic mass is 16.5. The summed E-state index contributed by atoms with van der Waals surface area (Å²) in [7, 11) is 0. The van der Waals surface area contributed by atoms with E-state index < -0.39 is 0 Å². The molecule has 17 heavy (non-hydrogen) atoms. The molecule has 0 saturated heterocycles. The Morgan fingerprint density at radius 1 is 1.29 bits per heavy atom. The van der Waals surface area contributed by atoms with Crippen LogP contribution in [0.15, 0.2) is 36.5 Å². The number of hydrogen-bond donors (Lipinski definition) is 1. The highest BCUT2D eigenvalue weighted by Gasteiger charge is 2.04. The van der Waals surface area contributed by atoms with E-state index in [0.29, 0.717) is 12.9 Å². The molecule has 0 aliphatic carbocycles. The molecular weight excluding hydrogens is 218 g/mol. The Kier molecular flexibility index (Phi) is 3.30. The molecule has 1 aromatic heterocycles. The summed E-state index contributed by atoms with van der Waals surface area (Å²) >= 11 is 0. The summed E-state index contributed by atoms with van der Waals surface area (Å²) in [4.78, 5) is 18.4. The van der Waals surface area contributed by atoms with Crippen LogP contribution in [-0.2, 0) is 6.61 Å². The van der Waals surface area contributed by atoms with E-state index in [2.05, 4.69) is 9.97 Å². The minimum atomic E-state index is 0.142. The van der Waals surface area contributed by atoms with E-state index >= 15 is 0 Å². The first-order valence-electron chi connectivity index (χ1n) is 5.04. The van der Waals surface area contributed by atoms with Gasteiger partial charge < -0.3 is 10.5 Å². The Labute approximate surface area is 98.3 Å². The molecular formula is C12H11N3O2. The molecule has 0 atom stereocenters. The fourth-order valence-corrected chi connectivity index (χ4v) is 1.27. The van der Waals surface area contributed by atoms with Crippen molar-refractivity contribution >= 4 is 12.0 Å². The number of ether oxygens (including phenoxy) is 1. The minimum absolute atomic E-state index is 0.142. The van der Waals surface area contributed by atoms with Crippen molar-refractivity contribution in [3.63, 3.8) is 0 Å². The molecule has 0 aliphatic rings. The summed E-state index contributed by atoms with van der Waals surface area (Å²) in [5.74, 6) is 0. The van der Waals surface area contributed by atoms with Gasteiger partial charge in [-0.05, 0) is 5.56 Å². The normalized spacial score (nSPS) is 9.88. The van der Waals surface area contributed by atoms with Gasteiger partial charge in [0.2, 0.25) is 0 Å². The lowest BCUT2D eigenvalue weighted by molar-refractivity contribution is 0.111. The molecule has 2 rings (SSSR count). The van der Waals surface area contributed by atoms with Gasteiger partial charge >= 0.3 is 6.01 Å². The second-order valence-corrected chi connectivity index (χ2v) is 3.39. The quantitative estimate of drug-likeness (QED) is 0.803. The molecule has 5 nitrogen and oxygen atoms in total. The molecule has 2 N–H and O–H groups in total. The molecule has 0 spiro atoms. The lowest BCUT2D eigenvalue weighted by atomic mass is 10.2. The van der Waals surface area contributed by atoms with Gasteiger partial charge in [0.25, 0.3) is 0 Å². The molecule has 0 saturated carbocycles.